The molecule has 9 heteroatoms. The molecule has 0 saturated carbocycles. The molecule has 41 heavy (non-hydrogen) atoms. The van der Waals surface area contributed by atoms with E-state index in [4.69, 9.17) is 11.6 Å². The van der Waals surface area contributed by atoms with Gasteiger partial charge in [-0.1, -0.05) is 66.6 Å². The summed E-state index contributed by atoms with van der Waals surface area (Å²) >= 11 is 7.47. The Bertz CT molecular complexity index is 1850. The number of anilines is 2. The van der Waals surface area contributed by atoms with Crippen LogP contribution in [0.1, 0.15) is 44.5 Å². The molecule has 0 radical (unpaired) electrons. The summed E-state index contributed by atoms with van der Waals surface area (Å²) in [6.07, 6.45) is 0.631. The van der Waals surface area contributed by atoms with Crippen LogP contribution < -0.4 is 9.62 Å². The van der Waals surface area contributed by atoms with Crippen molar-refractivity contribution in [2.75, 3.05) is 16.2 Å². The minimum Gasteiger partial charge on any atom is -0.321 e. The van der Waals surface area contributed by atoms with E-state index < -0.39 is 10.0 Å². The van der Waals surface area contributed by atoms with Gasteiger partial charge in [-0.25, -0.2) is 8.42 Å². The predicted molar refractivity (Wildman–Crippen MR) is 167 cm³/mol. The fourth-order valence-corrected chi connectivity index (χ4v) is 7.13. The molecule has 0 saturated heterocycles. The molecule has 0 fully saturated rings. The molecule has 0 aliphatic rings. The summed E-state index contributed by atoms with van der Waals surface area (Å²) in [4.78, 5) is 27.1. The van der Waals surface area contributed by atoms with Gasteiger partial charge >= 0.3 is 0 Å². The molecule has 0 aliphatic heterocycles. The Labute approximate surface area is 248 Å². The minimum absolute atomic E-state index is 0.228. The van der Waals surface area contributed by atoms with Crippen molar-refractivity contribution < 1.29 is 18.0 Å². The molecule has 1 heterocycles. The number of carbonyl (C=O) groups is 2. The third-order valence-electron chi connectivity index (χ3n) is 6.56. The lowest BCUT2D eigenvalue weighted by atomic mass is 10.0. The number of hydrogen-bond donors (Lipinski definition) is 1. The van der Waals surface area contributed by atoms with Crippen molar-refractivity contribution in [2.45, 2.75) is 25.2 Å². The standard InChI is InChI=1S/C32H27ClN2O4S2/c1-3-17-35(41(38,39)26-13-9-21(2)10-14-26)25-12-16-29-23(18-25)19-30(40-29)32(37)34-28-15-11-24(33)20-27(28)31(36)22-7-5-4-6-8-22/h4-16,18-20H,3,17H2,1-2H3,(H,34,37). The molecule has 6 nitrogen and oxygen atoms in total. The van der Waals surface area contributed by atoms with Gasteiger partial charge in [-0.2, -0.15) is 0 Å². The van der Waals surface area contributed by atoms with E-state index in [0.29, 0.717) is 39.8 Å². The van der Waals surface area contributed by atoms with Crippen LogP contribution >= 0.6 is 22.9 Å². The number of aryl methyl sites for hydroxylation is 1. The van der Waals surface area contributed by atoms with Crippen molar-refractivity contribution in [1.82, 2.24) is 0 Å². The summed E-state index contributed by atoms with van der Waals surface area (Å²) < 4.78 is 29.3. The number of benzene rings is 4. The van der Waals surface area contributed by atoms with Crippen LogP contribution in [0.5, 0.6) is 0 Å². The molecule has 208 valence electrons. The summed E-state index contributed by atoms with van der Waals surface area (Å²) in [5.74, 6) is -0.634. The molecule has 5 rings (SSSR count). The zero-order valence-corrected chi connectivity index (χ0v) is 24.8. The molecule has 1 aromatic heterocycles. The third-order valence-corrected chi connectivity index (χ3v) is 9.75. The first-order valence-corrected chi connectivity index (χ1v) is 15.6. The molecular formula is C32H27ClN2O4S2. The molecule has 0 bridgehead atoms. The molecule has 0 atom stereocenters. The highest BCUT2D eigenvalue weighted by Crippen LogP contribution is 2.33. The average molecular weight is 603 g/mol. The van der Waals surface area contributed by atoms with Crippen LogP contribution in [-0.4, -0.2) is 26.7 Å². The summed E-state index contributed by atoms with van der Waals surface area (Å²) in [6.45, 7) is 4.15. The average Bonchev–Trinajstić information content (AvgIpc) is 3.41. The summed E-state index contributed by atoms with van der Waals surface area (Å²) in [5.41, 5.74) is 2.63. The molecule has 0 unspecified atom stereocenters. The van der Waals surface area contributed by atoms with Gasteiger partial charge in [-0.15, -0.1) is 11.3 Å². The Morgan fingerprint density at radius 2 is 1.63 bits per heavy atom. The van der Waals surface area contributed by atoms with Crippen molar-refractivity contribution >= 4 is 66.1 Å². The van der Waals surface area contributed by atoms with Crippen LogP contribution in [0.3, 0.4) is 0 Å². The van der Waals surface area contributed by atoms with E-state index in [9.17, 15) is 18.0 Å². The van der Waals surface area contributed by atoms with E-state index in [1.54, 1.807) is 84.9 Å². The quantitative estimate of drug-likeness (QED) is 0.174. The first-order chi connectivity index (χ1) is 19.7. The first-order valence-electron chi connectivity index (χ1n) is 13.0. The fourth-order valence-electron chi connectivity index (χ4n) is 4.47. The zero-order chi connectivity index (χ0) is 29.1. The summed E-state index contributed by atoms with van der Waals surface area (Å²) in [6, 6.07) is 27.5. The largest absolute Gasteiger partial charge is 0.321 e. The zero-order valence-electron chi connectivity index (χ0n) is 22.4. The Morgan fingerprint density at radius 3 is 2.34 bits per heavy atom. The monoisotopic (exact) mass is 602 g/mol. The Balaban J connectivity index is 1.44. The van der Waals surface area contributed by atoms with Crippen molar-refractivity contribution in [3.63, 3.8) is 0 Å². The number of ketones is 1. The number of rotatable bonds is 9. The minimum atomic E-state index is -3.78. The van der Waals surface area contributed by atoms with Gasteiger partial charge in [-0.3, -0.25) is 13.9 Å². The van der Waals surface area contributed by atoms with E-state index in [1.165, 1.54) is 15.6 Å². The number of nitrogens with zero attached hydrogens (tertiary/aromatic N) is 1. The van der Waals surface area contributed by atoms with Crippen LogP contribution in [0, 0.1) is 6.92 Å². The molecule has 4 aromatic carbocycles. The molecule has 1 amide bonds. The van der Waals surface area contributed by atoms with Crippen LogP contribution in [0.25, 0.3) is 10.1 Å². The second-order valence-electron chi connectivity index (χ2n) is 9.56. The smallest absolute Gasteiger partial charge is 0.265 e. The van der Waals surface area contributed by atoms with E-state index >= 15 is 0 Å². The summed E-state index contributed by atoms with van der Waals surface area (Å²) in [5, 5.41) is 3.99. The van der Waals surface area contributed by atoms with E-state index in [1.807, 2.05) is 26.0 Å². The fraction of sp³-hybridized carbons (Fsp3) is 0.125. The van der Waals surface area contributed by atoms with Gasteiger partial charge in [-0.05, 0) is 73.3 Å². The lowest BCUT2D eigenvalue weighted by Crippen LogP contribution is -2.31. The SMILES string of the molecule is CCCN(c1ccc2sc(C(=O)Nc3ccc(Cl)cc3C(=O)c3ccccc3)cc2c1)S(=O)(=O)c1ccc(C)cc1. The van der Waals surface area contributed by atoms with Crippen LogP contribution in [0.15, 0.2) is 102 Å². The maximum Gasteiger partial charge on any atom is 0.265 e. The van der Waals surface area contributed by atoms with E-state index in [-0.39, 0.29) is 22.1 Å². The normalized spacial score (nSPS) is 11.4. The molecule has 1 N–H and O–H groups in total. The molecule has 0 spiro atoms. The topological polar surface area (TPSA) is 83.6 Å². The Morgan fingerprint density at radius 1 is 0.902 bits per heavy atom. The second kappa shape index (κ2) is 11.9. The van der Waals surface area contributed by atoms with Crippen LogP contribution in [0.4, 0.5) is 11.4 Å². The summed E-state index contributed by atoms with van der Waals surface area (Å²) in [7, 11) is -3.78. The number of amides is 1. The van der Waals surface area contributed by atoms with Gasteiger partial charge in [0.2, 0.25) is 0 Å². The Hall–Kier alpha value is -3.98. The highest BCUT2D eigenvalue weighted by Gasteiger charge is 2.25. The number of hydrogen-bond acceptors (Lipinski definition) is 5. The lowest BCUT2D eigenvalue weighted by molar-refractivity contribution is 0.103. The number of carbonyl (C=O) groups excluding carboxylic acids is 2. The van der Waals surface area contributed by atoms with Crippen LogP contribution in [-0.2, 0) is 10.0 Å². The lowest BCUT2D eigenvalue weighted by Gasteiger charge is -2.24. The van der Waals surface area contributed by atoms with Gasteiger partial charge in [0.15, 0.2) is 5.78 Å². The second-order valence-corrected chi connectivity index (χ2v) is 12.9. The molecule has 5 aromatic rings. The van der Waals surface area contributed by atoms with Crippen molar-refractivity contribution in [3.8, 4) is 0 Å². The maximum absolute atomic E-state index is 13.5. The van der Waals surface area contributed by atoms with Gasteiger partial charge < -0.3 is 5.32 Å². The number of sulfonamides is 1. The number of fused-ring (bicyclic) bond motifs is 1. The number of halogens is 1. The number of nitrogens with one attached hydrogen (secondary N) is 1. The van der Waals surface area contributed by atoms with Gasteiger partial charge in [0.1, 0.15) is 0 Å². The molecular weight excluding hydrogens is 576 g/mol. The van der Waals surface area contributed by atoms with E-state index in [0.717, 1.165) is 15.6 Å². The van der Waals surface area contributed by atoms with Crippen LogP contribution in [0.2, 0.25) is 5.02 Å². The van der Waals surface area contributed by atoms with E-state index in [2.05, 4.69) is 5.32 Å². The van der Waals surface area contributed by atoms with Crippen molar-refractivity contribution in [3.05, 3.63) is 124 Å². The van der Waals surface area contributed by atoms with Gasteiger partial charge in [0.25, 0.3) is 15.9 Å². The highest BCUT2D eigenvalue weighted by molar-refractivity contribution is 7.92. The highest BCUT2D eigenvalue weighted by atomic mass is 35.5. The Kier molecular flexibility index (Phi) is 8.26. The first kappa shape index (κ1) is 28.5. The van der Waals surface area contributed by atoms with Gasteiger partial charge in [0.05, 0.1) is 21.1 Å². The van der Waals surface area contributed by atoms with Gasteiger partial charge in [0, 0.05) is 27.4 Å². The van der Waals surface area contributed by atoms with Crippen molar-refractivity contribution in [2.24, 2.45) is 0 Å². The third kappa shape index (κ3) is 6.05. The number of thiophene rings is 1. The maximum atomic E-state index is 13.5. The molecule has 0 aliphatic carbocycles. The van der Waals surface area contributed by atoms with Crippen molar-refractivity contribution in [1.29, 1.82) is 0 Å². The predicted octanol–water partition coefficient (Wildman–Crippen LogP) is 7.95.